The maximum atomic E-state index is 5.96. The fraction of sp³-hybridized carbons (Fsp3) is 0.857. The molecule has 1 saturated heterocycles. The summed E-state index contributed by atoms with van der Waals surface area (Å²) < 4.78 is 14.5. The van der Waals surface area contributed by atoms with Crippen molar-refractivity contribution in [3.8, 4) is 0 Å². The van der Waals surface area contributed by atoms with E-state index in [1.807, 2.05) is 6.26 Å². The van der Waals surface area contributed by atoms with Crippen LogP contribution in [-0.4, -0.2) is 49.7 Å². The van der Waals surface area contributed by atoms with Gasteiger partial charge in [0.25, 0.3) is 5.77 Å². The summed E-state index contributed by atoms with van der Waals surface area (Å²) in [5.41, 5.74) is 0. The molecule has 0 spiro atoms. The average molecular weight is 289 g/mol. The van der Waals surface area contributed by atoms with E-state index in [9.17, 15) is 0 Å². The second-order valence-corrected chi connectivity index (χ2v) is 8.52. The number of amidine groups is 1. The molecule has 4 nitrogen and oxygen atoms in total. The summed E-state index contributed by atoms with van der Waals surface area (Å²) in [4.78, 5) is 2.12. The Balaban J connectivity index is 2.73. The van der Waals surface area contributed by atoms with Crippen molar-refractivity contribution in [1.82, 2.24) is 4.90 Å². The number of halogens is 1. The first-order valence-electron chi connectivity index (χ1n) is 4.41. The third-order valence-electron chi connectivity index (χ3n) is 1.89. The van der Waals surface area contributed by atoms with Crippen LogP contribution in [0, 0.1) is 0 Å². The van der Waals surface area contributed by atoms with Gasteiger partial charge in [-0.15, -0.1) is 0 Å². The minimum atomic E-state index is -2.52. The van der Waals surface area contributed by atoms with Gasteiger partial charge in [-0.1, -0.05) is 11.8 Å². The molecule has 1 unspecified atom stereocenters. The topological polar surface area (TPSA) is 34.1 Å². The Kier molecular flexibility index (Phi) is 5.89. The van der Waals surface area contributed by atoms with E-state index in [2.05, 4.69) is 9.66 Å². The van der Waals surface area contributed by atoms with Crippen LogP contribution < -0.4 is 0 Å². The molecule has 1 aliphatic rings. The van der Waals surface area contributed by atoms with Gasteiger partial charge < -0.3 is 14.2 Å². The number of ether oxygens (including phenoxy) is 1. The SMILES string of the molecule is COP(=S)(Cl)/N=C(\SC)N1CCOCC1. The monoisotopic (exact) mass is 288 g/mol. The molecule has 8 heteroatoms. The molecule has 15 heavy (non-hydrogen) atoms. The highest BCUT2D eigenvalue weighted by atomic mass is 35.7. The van der Waals surface area contributed by atoms with Crippen LogP contribution in [-0.2, 0) is 21.1 Å². The van der Waals surface area contributed by atoms with Crippen LogP contribution in [0.1, 0.15) is 0 Å². The fourth-order valence-corrected chi connectivity index (χ4v) is 3.39. The zero-order chi connectivity index (χ0) is 11.3. The fourth-order valence-electron chi connectivity index (χ4n) is 1.13. The van der Waals surface area contributed by atoms with Gasteiger partial charge in [0.05, 0.1) is 13.2 Å². The Bertz CT molecular complexity index is 284. The normalized spacial score (nSPS) is 22.6. The van der Waals surface area contributed by atoms with Gasteiger partial charge in [-0.3, -0.25) is 0 Å². The van der Waals surface area contributed by atoms with Crippen molar-refractivity contribution in [2.75, 3.05) is 39.7 Å². The molecule has 0 N–H and O–H groups in total. The van der Waals surface area contributed by atoms with Crippen LogP contribution in [0.25, 0.3) is 0 Å². The van der Waals surface area contributed by atoms with Gasteiger partial charge in [-0.05, 0) is 29.3 Å². The zero-order valence-electron chi connectivity index (χ0n) is 8.68. The molecule has 0 aromatic carbocycles. The summed E-state index contributed by atoms with van der Waals surface area (Å²) in [5.74, 6) is -2.52. The van der Waals surface area contributed by atoms with E-state index < -0.39 is 5.77 Å². The Morgan fingerprint density at radius 3 is 2.67 bits per heavy atom. The average Bonchev–Trinajstić information content (AvgIpc) is 2.27. The van der Waals surface area contributed by atoms with E-state index in [-0.39, 0.29) is 0 Å². The van der Waals surface area contributed by atoms with E-state index in [0.717, 1.165) is 31.5 Å². The molecule has 88 valence electrons. The predicted molar refractivity (Wildman–Crippen MR) is 70.5 cm³/mol. The van der Waals surface area contributed by atoms with Crippen molar-refractivity contribution in [3.05, 3.63) is 0 Å². The Morgan fingerprint density at radius 2 is 2.20 bits per heavy atom. The molecule has 0 aromatic rings. The smallest absolute Gasteiger partial charge is 0.267 e. The third-order valence-corrected chi connectivity index (χ3v) is 4.96. The molecule has 0 amide bonds. The summed E-state index contributed by atoms with van der Waals surface area (Å²) in [7, 11) is 1.49. The zero-order valence-corrected chi connectivity index (χ0v) is 12.0. The molecule has 1 rings (SSSR count). The minimum Gasteiger partial charge on any atom is -0.378 e. The molecule has 1 atom stereocenters. The van der Waals surface area contributed by atoms with Crippen molar-refractivity contribution in [3.63, 3.8) is 0 Å². The summed E-state index contributed by atoms with van der Waals surface area (Å²) in [6.45, 7) is 3.10. The molecular formula is C7H14ClN2O2PS2. The van der Waals surface area contributed by atoms with Crippen molar-refractivity contribution < 1.29 is 9.26 Å². The van der Waals surface area contributed by atoms with E-state index >= 15 is 0 Å². The number of hydrogen-bond acceptors (Lipinski definition) is 4. The molecular weight excluding hydrogens is 275 g/mol. The molecule has 0 saturated carbocycles. The van der Waals surface area contributed by atoms with Gasteiger partial charge in [-0.2, -0.15) is 4.76 Å². The van der Waals surface area contributed by atoms with Crippen LogP contribution in [0.3, 0.4) is 0 Å². The quantitative estimate of drug-likeness (QED) is 0.442. The van der Waals surface area contributed by atoms with Crippen molar-refractivity contribution in [1.29, 1.82) is 0 Å². The molecule has 0 bridgehead atoms. The summed E-state index contributed by atoms with van der Waals surface area (Å²) >= 11 is 12.5. The molecule has 1 aliphatic heterocycles. The first-order valence-corrected chi connectivity index (χ1v) is 9.21. The lowest BCUT2D eigenvalue weighted by Gasteiger charge is -2.29. The number of hydrogen-bond donors (Lipinski definition) is 0. The first kappa shape index (κ1) is 13.7. The van der Waals surface area contributed by atoms with Crippen LogP contribution in [0.4, 0.5) is 0 Å². The van der Waals surface area contributed by atoms with Gasteiger partial charge in [0.2, 0.25) is 0 Å². The molecule has 0 aliphatic carbocycles. The van der Waals surface area contributed by atoms with E-state index in [1.54, 1.807) is 0 Å². The van der Waals surface area contributed by atoms with Crippen LogP contribution in [0.5, 0.6) is 0 Å². The third kappa shape index (κ3) is 4.59. The predicted octanol–water partition coefficient (Wildman–Crippen LogP) is 2.15. The molecule has 0 aromatic heterocycles. The van der Waals surface area contributed by atoms with Gasteiger partial charge in [-0.25, -0.2) is 0 Å². The van der Waals surface area contributed by atoms with Crippen LogP contribution >= 0.6 is 28.8 Å². The minimum absolute atomic E-state index is 0.720. The maximum Gasteiger partial charge on any atom is 0.267 e. The van der Waals surface area contributed by atoms with Gasteiger partial charge >= 0.3 is 0 Å². The molecule has 1 heterocycles. The number of thioether (sulfide) groups is 1. The van der Waals surface area contributed by atoms with E-state index in [1.165, 1.54) is 18.9 Å². The van der Waals surface area contributed by atoms with Crippen LogP contribution in [0.2, 0.25) is 0 Å². The highest BCUT2D eigenvalue weighted by Gasteiger charge is 2.18. The largest absolute Gasteiger partial charge is 0.378 e. The van der Waals surface area contributed by atoms with Gasteiger partial charge in [0, 0.05) is 20.2 Å². The standard InChI is InChI=1S/C7H14ClN2O2PS2/c1-11-13(8,14)9-7(15-2)10-3-5-12-6-4-10/h3-6H2,1-2H3/b9-7-. The summed E-state index contributed by atoms with van der Waals surface area (Å²) in [6.07, 6.45) is 1.95. The lowest BCUT2D eigenvalue weighted by atomic mass is 10.5. The second-order valence-electron chi connectivity index (χ2n) is 2.82. The Morgan fingerprint density at radius 1 is 1.60 bits per heavy atom. The second kappa shape index (κ2) is 6.42. The summed E-state index contributed by atoms with van der Waals surface area (Å²) in [6, 6.07) is 0. The van der Waals surface area contributed by atoms with E-state index in [4.69, 9.17) is 32.3 Å². The Labute approximate surface area is 104 Å². The van der Waals surface area contributed by atoms with Crippen molar-refractivity contribution in [2.45, 2.75) is 0 Å². The first-order chi connectivity index (χ1) is 7.09. The highest BCUT2D eigenvalue weighted by Crippen LogP contribution is 2.54. The number of nitrogens with zero attached hydrogens (tertiary/aromatic N) is 2. The van der Waals surface area contributed by atoms with Gasteiger partial charge in [0.15, 0.2) is 5.17 Å². The maximum absolute atomic E-state index is 5.96. The van der Waals surface area contributed by atoms with E-state index in [0.29, 0.717) is 0 Å². The number of morpholine rings is 1. The Hall–Kier alpha value is 0.680. The highest BCUT2D eigenvalue weighted by molar-refractivity contribution is 8.24. The van der Waals surface area contributed by atoms with Crippen LogP contribution in [0.15, 0.2) is 4.76 Å². The van der Waals surface area contributed by atoms with Gasteiger partial charge in [0.1, 0.15) is 0 Å². The van der Waals surface area contributed by atoms with Crippen molar-refractivity contribution >= 4 is 45.7 Å². The summed E-state index contributed by atoms with van der Waals surface area (Å²) in [5, 5.41) is 0.846. The van der Waals surface area contributed by atoms with Crippen molar-refractivity contribution in [2.24, 2.45) is 4.76 Å². The number of rotatable bonds is 2. The molecule has 0 radical (unpaired) electrons. The lowest BCUT2D eigenvalue weighted by Crippen LogP contribution is -2.39. The molecule has 1 fully saturated rings. The lowest BCUT2D eigenvalue weighted by molar-refractivity contribution is 0.0694.